The van der Waals surface area contributed by atoms with Crippen molar-refractivity contribution in [1.29, 1.82) is 0 Å². The number of benzene rings is 1. The van der Waals surface area contributed by atoms with Crippen LogP contribution in [0.5, 0.6) is 0 Å². The number of carbonyl (C=O) groups excluding carboxylic acids is 3. The van der Waals surface area contributed by atoms with Crippen molar-refractivity contribution in [3.05, 3.63) is 35.9 Å². The van der Waals surface area contributed by atoms with E-state index in [2.05, 4.69) is 15.6 Å². The number of nitrogens with one attached hydrogen (secondary N) is 2. The number of amides is 3. The molecule has 0 radical (unpaired) electrons. The lowest BCUT2D eigenvalue weighted by molar-refractivity contribution is -0.142. The lowest BCUT2D eigenvalue weighted by Crippen LogP contribution is -2.55. The normalized spacial score (nSPS) is 13.3. The van der Waals surface area contributed by atoms with Gasteiger partial charge < -0.3 is 38.7 Å². The van der Waals surface area contributed by atoms with Gasteiger partial charge in [-0.3, -0.25) is 19.4 Å². The van der Waals surface area contributed by atoms with Gasteiger partial charge in [-0.15, -0.1) is 0 Å². The fraction of sp³-hybridized carbons (Fsp3) is 0.450. The number of hydrogen-bond acceptors (Lipinski definition) is 6. The standard InChI is InChI=1S/C20H31N7O5/c21-13(8-9-16(22)28)17(29)26-14(7-4-10-25-20(23)24)18(30)27-15(19(31)32)11-12-5-2-1-3-6-12/h1-3,5-6,13-15H,4,7-11,21H2,(H2,22,28)(H,26,29)(H,27,30)(H,31,32)(H4,23,24,25). The Hall–Kier alpha value is -3.67. The molecule has 3 unspecified atom stereocenters. The van der Waals surface area contributed by atoms with Crippen molar-refractivity contribution in [3.63, 3.8) is 0 Å². The van der Waals surface area contributed by atoms with Gasteiger partial charge in [-0.05, 0) is 24.8 Å². The summed E-state index contributed by atoms with van der Waals surface area (Å²) in [7, 11) is 0. The highest BCUT2D eigenvalue weighted by atomic mass is 16.4. The van der Waals surface area contributed by atoms with Gasteiger partial charge in [-0.25, -0.2) is 4.79 Å². The van der Waals surface area contributed by atoms with E-state index < -0.39 is 41.8 Å². The average Bonchev–Trinajstić information content (AvgIpc) is 2.73. The minimum atomic E-state index is -1.22. The van der Waals surface area contributed by atoms with Crippen molar-refractivity contribution >= 4 is 29.7 Å². The topological polar surface area (TPSA) is 229 Å². The Labute approximate surface area is 185 Å². The van der Waals surface area contributed by atoms with Crippen LogP contribution < -0.4 is 33.6 Å². The minimum Gasteiger partial charge on any atom is -0.480 e. The van der Waals surface area contributed by atoms with E-state index >= 15 is 0 Å². The second-order valence-electron chi connectivity index (χ2n) is 7.21. The molecule has 1 rings (SSSR count). The number of nitrogens with two attached hydrogens (primary N) is 4. The molecule has 0 heterocycles. The Bertz CT molecular complexity index is 812. The third-order valence-electron chi connectivity index (χ3n) is 4.51. The number of rotatable bonds is 14. The summed E-state index contributed by atoms with van der Waals surface area (Å²) in [5.74, 6) is -3.29. The highest BCUT2D eigenvalue weighted by Gasteiger charge is 2.28. The van der Waals surface area contributed by atoms with E-state index in [9.17, 15) is 24.3 Å². The number of primary amides is 1. The first-order chi connectivity index (χ1) is 15.1. The SMILES string of the molecule is NC(=O)CCC(N)C(=O)NC(CCCN=C(N)N)C(=O)NC(Cc1ccccc1)C(=O)O. The van der Waals surface area contributed by atoms with Crippen LogP contribution in [0, 0.1) is 0 Å². The lowest BCUT2D eigenvalue weighted by Gasteiger charge is -2.23. The number of hydrogen-bond donors (Lipinski definition) is 7. The Morgan fingerprint density at radius 1 is 0.938 bits per heavy atom. The highest BCUT2D eigenvalue weighted by molar-refractivity contribution is 5.92. The summed E-state index contributed by atoms with van der Waals surface area (Å²) in [5.41, 5.74) is 22.1. The van der Waals surface area contributed by atoms with Crippen molar-refractivity contribution in [2.45, 2.75) is 50.2 Å². The summed E-state index contributed by atoms with van der Waals surface area (Å²) in [6.07, 6.45) is 0.454. The zero-order chi connectivity index (χ0) is 24.1. The van der Waals surface area contributed by atoms with Crippen molar-refractivity contribution < 1.29 is 24.3 Å². The summed E-state index contributed by atoms with van der Waals surface area (Å²) in [5, 5.41) is 14.5. The molecule has 0 aromatic heterocycles. The van der Waals surface area contributed by atoms with Crippen molar-refractivity contribution in [3.8, 4) is 0 Å². The summed E-state index contributed by atoms with van der Waals surface area (Å²) < 4.78 is 0. The third-order valence-corrected chi connectivity index (χ3v) is 4.51. The van der Waals surface area contributed by atoms with Crippen LogP contribution in [-0.2, 0) is 25.6 Å². The molecular formula is C20H31N7O5. The van der Waals surface area contributed by atoms with Gasteiger partial charge in [0.1, 0.15) is 12.1 Å². The number of carbonyl (C=O) groups is 4. The van der Waals surface area contributed by atoms with Crippen LogP contribution in [0.2, 0.25) is 0 Å². The average molecular weight is 450 g/mol. The molecule has 11 N–H and O–H groups in total. The van der Waals surface area contributed by atoms with Crippen LogP contribution in [0.3, 0.4) is 0 Å². The maximum Gasteiger partial charge on any atom is 0.326 e. The first-order valence-electron chi connectivity index (χ1n) is 10.1. The van der Waals surface area contributed by atoms with Gasteiger partial charge in [-0.1, -0.05) is 30.3 Å². The van der Waals surface area contributed by atoms with E-state index in [0.29, 0.717) is 6.42 Å². The monoisotopic (exact) mass is 449 g/mol. The van der Waals surface area contributed by atoms with E-state index in [4.69, 9.17) is 22.9 Å². The van der Waals surface area contributed by atoms with Crippen molar-refractivity contribution in [1.82, 2.24) is 10.6 Å². The van der Waals surface area contributed by atoms with Crippen molar-refractivity contribution in [2.75, 3.05) is 6.54 Å². The third kappa shape index (κ3) is 10.4. The quantitative estimate of drug-likeness (QED) is 0.0945. The smallest absolute Gasteiger partial charge is 0.326 e. The molecule has 0 spiro atoms. The van der Waals surface area contributed by atoms with Gasteiger partial charge in [-0.2, -0.15) is 0 Å². The van der Waals surface area contributed by atoms with Crippen LogP contribution in [-0.4, -0.2) is 59.4 Å². The van der Waals surface area contributed by atoms with Crippen LogP contribution >= 0.6 is 0 Å². The number of guanidine groups is 1. The first kappa shape index (κ1) is 26.4. The molecule has 12 nitrogen and oxygen atoms in total. The zero-order valence-corrected chi connectivity index (χ0v) is 17.7. The number of aliphatic imine (C=N–C) groups is 1. The van der Waals surface area contributed by atoms with Gasteiger partial charge in [0.05, 0.1) is 6.04 Å². The van der Waals surface area contributed by atoms with E-state index in [1.165, 1.54) is 0 Å². The number of nitrogens with zero attached hydrogens (tertiary/aromatic N) is 1. The minimum absolute atomic E-state index is 0.00919. The number of carboxylic acids is 1. The maximum absolute atomic E-state index is 12.8. The summed E-state index contributed by atoms with van der Waals surface area (Å²) in [6.45, 7) is 0.210. The molecule has 0 saturated heterocycles. The second kappa shape index (κ2) is 13.6. The van der Waals surface area contributed by atoms with Gasteiger partial charge in [0.25, 0.3) is 0 Å². The Balaban J connectivity index is 2.86. The van der Waals surface area contributed by atoms with Gasteiger partial charge in [0.2, 0.25) is 17.7 Å². The molecule has 0 saturated carbocycles. The molecule has 0 aliphatic heterocycles. The molecule has 0 aliphatic rings. The largest absolute Gasteiger partial charge is 0.480 e. The molecule has 3 atom stereocenters. The van der Waals surface area contributed by atoms with Crippen LogP contribution in [0.25, 0.3) is 0 Å². The summed E-state index contributed by atoms with van der Waals surface area (Å²) in [4.78, 5) is 51.6. The molecule has 0 aliphatic carbocycles. The fourth-order valence-corrected chi connectivity index (χ4v) is 2.80. The molecule has 0 fully saturated rings. The number of aliphatic carboxylic acids is 1. The summed E-state index contributed by atoms with van der Waals surface area (Å²) >= 11 is 0. The predicted octanol–water partition coefficient (Wildman–Crippen LogP) is -2.07. The van der Waals surface area contributed by atoms with Crippen molar-refractivity contribution in [2.24, 2.45) is 27.9 Å². The van der Waals surface area contributed by atoms with Crippen LogP contribution in [0.4, 0.5) is 0 Å². The summed E-state index contributed by atoms with van der Waals surface area (Å²) in [6, 6.07) is 5.46. The highest BCUT2D eigenvalue weighted by Crippen LogP contribution is 2.06. The molecular weight excluding hydrogens is 418 g/mol. The molecule has 0 bridgehead atoms. The fourth-order valence-electron chi connectivity index (χ4n) is 2.80. The predicted molar refractivity (Wildman–Crippen MR) is 118 cm³/mol. The van der Waals surface area contributed by atoms with Gasteiger partial charge in [0, 0.05) is 19.4 Å². The zero-order valence-electron chi connectivity index (χ0n) is 17.7. The lowest BCUT2D eigenvalue weighted by atomic mass is 10.0. The second-order valence-corrected chi connectivity index (χ2v) is 7.21. The first-order valence-corrected chi connectivity index (χ1v) is 10.1. The van der Waals surface area contributed by atoms with E-state index in [0.717, 1.165) is 5.56 Å². The Morgan fingerprint density at radius 2 is 1.56 bits per heavy atom. The Morgan fingerprint density at radius 3 is 2.12 bits per heavy atom. The Kier molecular flexibility index (Phi) is 11.2. The van der Waals surface area contributed by atoms with E-state index in [-0.39, 0.29) is 38.2 Å². The molecule has 1 aromatic carbocycles. The molecule has 32 heavy (non-hydrogen) atoms. The molecule has 1 aromatic rings. The van der Waals surface area contributed by atoms with Crippen LogP contribution in [0.15, 0.2) is 35.3 Å². The van der Waals surface area contributed by atoms with Gasteiger partial charge >= 0.3 is 5.97 Å². The molecule has 12 heteroatoms. The van der Waals surface area contributed by atoms with E-state index in [1.807, 2.05) is 0 Å². The molecule has 176 valence electrons. The van der Waals surface area contributed by atoms with Crippen LogP contribution in [0.1, 0.15) is 31.2 Å². The van der Waals surface area contributed by atoms with Gasteiger partial charge in [0.15, 0.2) is 5.96 Å². The maximum atomic E-state index is 12.8. The van der Waals surface area contributed by atoms with E-state index in [1.54, 1.807) is 30.3 Å². The molecule has 3 amide bonds. The number of carboxylic acid groups (broad SMARTS) is 1.